The number of fused-ring (bicyclic) bond motifs is 1. The summed E-state index contributed by atoms with van der Waals surface area (Å²) in [5.74, 6) is 0. The van der Waals surface area contributed by atoms with Crippen LogP contribution in [0.5, 0.6) is 0 Å². The molecule has 0 aliphatic rings. The molecule has 8 heteroatoms. The maximum atomic E-state index is 11.8. The molecule has 0 bridgehead atoms. The van der Waals surface area contributed by atoms with Gasteiger partial charge in [-0.15, -0.1) is 6.58 Å². The van der Waals surface area contributed by atoms with Crippen LogP contribution in [0, 0.1) is 0 Å². The van der Waals surface area contributed by atoms with Crippen LogP contribution in [0.3, 0.4) is 0 Å². The number of alkyl halides is 3. The summed E-state index contributed by atoms with van der Waals surface area (Å²) in [5, 5.41) is 7.00. The molecular weight excluding hydrogens is 573 g/mol. The number of aromatic nitrogens is 2. The van der Waals surface area contributed by atoms with Crippen molar-refractivity contribution < 1.29 is 18.3 Å². The van der Waals surface area contributed by atoms with Gasteiger partial charge in [-0.1, -0.05) is 99.3 Å². The number of benzene rings is 3. The van der Waals surface area contributed by atoms with Crippen LogP contribution in [0.2, 0.25) is 0 Å². The summed E-state index contributed by atoms with van der Waals surface area (Å²) in [4.78, 5) is 12.4. The zero-order valence-electron chi connectivity index (χ0n) is 27.1. The van der Waals surface area contributed by atoms with Crippen LogP contribution in [0.15, 0.2) is 115 Å². The monoisotopic (exact) mass is 620 g/mol. The number of nitrogens with zero attached hydrogens (tertiary/aromatic N) is 3. The predicted molar refractivity (Wildman–Crippen MR) is 184 cm³/mol. The Hall–Kier alpha value is -4.11. The van der Waals surface area contributed by atoms with Crippen LogP contribution < -0.4 is 5.73 Å². The molecule has 0 saturated heterocycles. The maximum Gasteiger partial charge on any atom is 0.412 e. The molecule has 3 N–H and O–H groups in total. The van der Waals surface area contributed by atoms with E-state index in [1.165, 1.54) is 12.0 Å². The van der Waals surface area contributed by atoms with Crippen molar-refractivity contribution in [2.45, 2.75) is 46.8 Å². The zero-order valence-corrected chi connectivity index (χ0v) is 27.1. The van der Waals surface area contributed by atoms with Gasteiger partial charge in [-0.05, 0) is 56.6 Å². The van der Waals surface area contributed by atoms with Crippen LogP contribution in [0.1, 0.15) is 39.7 Å². The van der Waals surface area contributed by atoms with E-state index >= 15 is 0 Å². The lowest BCUT2D eigenvalue weighted by Crippen LogP contribution is -2.23. The summed E-state index contributed by atoms with van der Waals surface area (Å²) in [6.07, 6.45) is -0.392. The molecule has 45 heavy (non-hydrogen) atoms. The van der Waals surface area contributed by atoms with Gasteiger partial charge >= 0.3 is 6.18 Å². The van der Waals surface area contributed by atoms with E-state index in [-0.39, 0.29) is 12.1 Å². The van der Waals surface area contributed by atoms with Gasteiger partial charge in [0.2, 0.25) is 0 Å². The average molecular weight is 621 g/mol. The van der Waals surface area contributed by atoms with Gasteiger partial charge in [0.1, 0.15) is 0 Å². The number of allylic oxidation sites excluding steroid dienone is 2. The van der Waals surface area contributed by atoms with E-state index in [0.29, 0.717) is 0 Å². The number of para-hydroxylation sites is 2. The summed E-state index contributed by atoms with van der Waals surface area (Å²) in [6.45, 7) is 17.3. The van der Waals surface area contributed by atoms with Crippen LogP contribution in [0.4, 0.5) is 13.2 Å². The molecule has 0 radical (unpaired) electrons. The summed E-state index contributed by atoms with van der Waals surface area (Å²) in [5.41, 5.74) is 11.9. The minimum absolute atomic E-state index is 0.0490. The number of rotatable bonds is 9. The van der Waals surface area contributed by atoms with Gasteiger partial charge in [0.25, 0.3) is 0 Å². The molecule has 0 aliphatic heterocycles. The standard InChI is InChI=1S/C26H27N3.C7H10F3N.C3H6.CH4O/c1-3-18-29(4-2)19-20-14-16-22(17-15-20)26-25(21-10-6-5-7-11-21)27-23-12-8-9-13-24(23)28-26;1-5(4-11)3-6(2)7(8,9)10;1-3-2;1-2/h5-17H,3-4,18-19H2,1-2H3;3H,1,4,11H2,2H3;3H,1H2,2H3;2H,1H3/b;6-3+;;. The Morgan fingerprint density at radius 1 is 0.867 bits per heavy atom. The molecule has 0 spiro atoms. The molecule has 0 amide bonds. The van der Waals surface area contributed by atoms with E-state index in [0.717, 1.165) is 73.3 Å². The molecule has 3 aromatic carbocycles. The Morgan fingerprint density at radius 3 is 1.76 bits per heavy atom. The zero-order chi connectivity index (χ0) is 33.8. The third-order valence-corrected chi connectivity index (χ3v) is 6.37. The number of aliphatic hydroxyl groups excluding tert-OH is 1. The first-order valence-electron chi connectivity index (χ1n) is 14.9. The summed E-state index contributed by atoms with van der Waals surface area (Å²) < 4.78 is 35.4. The minimum Gasteiger partial charge on any atom is -0.400 e. The summed E-state index contributed by atoms with van der Waals surface area (Å²) >= 11 is 0. The van der Waals surface area contributed by atoms with Crippen LogP contribution >= 0.6 is 0 Å². The number of aliphatic hydroxyl groups is 1. The Labute approximate surface area is 266 Å². The quantitative estimate of drug-likeness (QED) is 0.144. The molecule has 242 valence electrons. The van der Waals surface area contributed by atoms with Crippen molar-refractivity contribution in [3.63, 3.8) is 0 Å². The highest BCUT2D eigenvalue weighted by atomic mass is 19.4. The second-order valence-corrected chi connectivity index (χ2v) is 9.94. The highest BCUT2D eigenvalue weighted by Crippen LogP contribution is 2.31. The van der Waals surface area contributed by atoms with E-state index in [1.807, 2.05) is 49.4 Å². The third-order valence-electron chi connectivity index (χ3n) is 6.37. The van der Waals surface area contributed by atoms with Crippen molar-refractivity contribution in [3.8, 4) is 22.5 Å². The highest BCUT2D eigenvalue weighted by Gasteiger charge is 2.29. The molecule has 0 atom stereocenters. The topological polar surface area (TPSA) is 75.3 Å². The van der Waals surface area contributed by atoms with Crippen molar-refractivity contribution in [2.24, 2.45) is 5.73 Å². The fraction of sp³-hybridized carbons (Fsp3) is 0.297. The lowest BCUT2D eigenvalue weighted by Gasteiger charge is -2.19. The predicted octanol–water partition coefficient (Wildman–Crippen LogP) is 9.01. The minimum atomic E-state index is -4.27. The van der Waals surface area contributed by atoms with Crippen molar-refractivity contribution in [2.75, 3.05) is 26.7 Å². The van der Waals surface area contributed by atoms with Crippen molar-refractivity contribution in [1.29, 1.82) is 0 Å². The van der Waals surface area contributed by atoms with E-state index in [1.54, 1.807) is 6.08 Å². The second kappa shape index (κ2) is 20.8. The van der Waals surface area contributed by atoms with Crippen molar-refractivity contribution in [3.05, 3.63) is 121 Å². The lowest BCUT2D eigenvalue weighted by molar-refractivity contribution is -0.0913. The molecule has 4 aromatic rings. The smallest absolute Gasteiger partial charge is 0.400 e. The Kier molecular flexibility index (Phi) is 18.0. The molecule has 0 saturated carbocycles. The SMILES string of the molecule is C=C(/C=C(\C)C(F)(F)F)CN.C=CC.CCCN(CC)Cc1ccc(-c2nc3ccccc3nc2-c2ccccc2)cc1.CO. The van der Waals surface area contributed by atoms with E-state index in [9.17, 15) is 13.2 Å². The molecule has 4 rings (SSSR count). The van der Waals surface area contributed by atoms with E-state index in [2.05, 4.69) is 68.3 Å². The fourth-order valence-corrected chi connectivity index (χ4v) is 4.14. The first-order chi connectivity index (χ1) is 21.6. The van der Waals surface area contributed by atoms with Gasteiger partial charge in [-0.2, -0.15) is 13.2 Å². The third kappa shape index (κ3) is 13.2. The average Bonchev–Trinajstić information content (AvgIpc) is 3.05. The molecule has 1 heterocycles. The summed E-state index contributed by atoms with van der Waals surface area (Å²) in [6, 6.07) is 27.2. The van der Waals surface area contributed by atoms with Gasteiger partial charge < -0.3 is 10.8 Å². The number of hydrogen-bond donors (Lipinski definition) is 2. The van der Waals surface area contributed by atoms with Gasteiger partial charge in [0.15, 0.2) is 0 Å². The number of halogens is 3. The van der Waals surface area contributed by atoms with Gasteiger partial charge in [-0.3, -0.25) is 4.90 Å². The van der Waals surface area contributed by atoms with Gasteiger partial charge in [-0.25, -0.2) is 9.97 Å². The molecule has 5 nitrogen and oxygen atoms in total. The molecular formula is C37H47F3N4O. The number of hydrogen-bond acceptors (Lipinski definition) is 5. The second-order valence-electron chi connectivity index (χ2n) is 9.94. The Morgan fingerprint density at radius 2 is 1.33 bits per heavy atom. The molecule has 1 aromatic heterocycles. The first-order valence-corrected chi connectivity index (χ1v) is 14.9. The molecule has 0 fully saturated rings. The van der Waals surface area contributed by atoms with Crippen molar-refractivity contribution in [1.82, 2.24) is 14.9 Å². The number of nitrogens with two attached hydrogens (primary N) is 1. The molecule has 0 aliphatic carbocycles. The fourth-order valence-electron chi connectivity index (χ4n) is 4.14. The van der Waals surface area contributed by atoms with Gasteiger partial charge in [0.05, 0.1) is 22.4 Å². The van der Waals surface area contributed by atoms with Crippen LogP contribution in [-0.2, 0) is 6.54 Å². The summed E-state index contributed by atoms with van der Waals surface area (Å²) in [7, 11) is 1.00. The Bertz CT molecular complexity index is 1470. The molecule has 0 unspecified atom stereocenters. The van der Waals surface area contributed by atoms with E-state index in [4.69, 9.17) is 20.8 Å². The van der Waals surface area contributed by atoms with Gasteiger partial charge in [0, 0.05) is 36.9 Å². The highest BCUT2D eigenvalue weighted by molar-refractivity contribution is 5.86. The first kappa shape index (κ1) is 38.9. The Balaban J connectivity index is 0.000000532. The van der Waals surface area contributed by atoms with Crippen LogP contribution in [0.25, 0.3) is 33.5 Å². The van der Waals surface area contributed by atoms with Crippen LogP contribution in [-0.4, -0.2) is 52.9 Å². The lowest BCUT2D eigenvalue weighted by atomic mass is 10.0. The largest absolute Gasteiger partial charge is 0.412 e. The normalized spacial score (nSPS) is 11.0. The van der Waals surface area contributed by atoms with Crippen molar-refractivity contribution >= 4 is 11.0 Å². The maximum absolute atomic E-state index is 11.8. The van der Waals surface area contributed by atoms with E-state index < -0.39 is 11.7 Å².